The van der Waals surface area contributed by atoms with E-state index in [2.05, 4.69) is 5.32 Å². The number of fused-ring (bicyclic) bond motifs is 1. The Morgan fingerprint density at radius 1 is 1.28 bits per heavy atom. The molecule has 2 aromatic rings. The fraction of sp³-hybridized carbons (Fsp3) is 0.389. The van der Waals surface area contributed by atoms with Crippen LogP contribution in [0.1, 0.15) is 30.1 Å². The van der Waals surface area contributed by atoms with Crippen LogP contribution in [0.2, 0.25) is 0 Å². The molecule has 0 aliphatic heterocycles. The van der Waals surface area contributed by atoms with E-state index < -0.39 is 18.0 Å². The number of ether oxygens (including phenoxy) is 2. The van der Waals surface area contributed by atoms with E-state index in [0.717, 1.165) is 18.4 Å². The Morgan fingerprint density at radius 3 is 2.68 bits per heavy atom. The molecule has 1 saturated carbocycles. The zero-order valence-electron chi connectivity index (χ0n) is 14.2. The van der Waals surface area contributed by atoms with Gasteiger partial charge in [-0.2, -0.15) is 0 Å². The lowest BCUT2D eigenvalue weighted by Crippen LogP contribution is -2.37. The first kappa shape index (κ1) is 17.0. The van der Waals surface area contributed by atoms with E-state index in [1.165, 1.54) is 7.11 Å². The van der Waals surface area contributed by atoms with Crippen molar-refractivity contribution in [2.24, 2.45) is 0 Å². The smallest absolute Gasteiger partial charge is 0.340 e. The van der Waals surface area contributed by atoms with Crippen molar-refractivity contribution >= 4 is 28.7 Å². The summed E-state index contributed by atoms with van der Waals surface area (Å²) in [5, 5.41) is 3.49. The van der Waals surface area contributed by atoms with Crippen molar-refractivity contribution in [2.45, 2.75) is 38.5 Å². The normalized spacial score (nSPS) is 14.8. The first-order valence-corrected chi connectivity index (χ1v) is 8.15. The molecule has 1 fully saturated rings. The molecular weight excluding hydrogens is 324 g/mol. The molecule has 7 nitrogen and oxygen atoms in total. The van der Waals surface area contributed by atoms with Crippen LogP contribution in [0, 0.1) is 0 Å². The van der Waals surface area contributed by atoms with Crippen molar-refractivity contribution in [1.82, 2.24) is 9.88 Å². The van der Waals surface area contributed by atoms with Crippen molar-refractivity contribution in [1.29, 1.82) is 0 Å². The van der Waals surface area contributed by atoms with Gasteiger partial charge in [-0.25, -0.2) is 4.79 Å². The molecule has 1 aromatic heterocycles. The summed E-state index contributed by atoms with van der Waals surface area (Å²) in [6.07, 6.45) is 2.65. The molecule has 3 rings (SSSR count). The number of esters is 2. The number of carbonyl (C=O) groups excluding carboxylic acids is 3. The van der Waals surface area contributed by atoms with Crippen LogP contribution in [0.3, 0.4) is 0 Å². The zero-order valence-corrected chi connectivity index (χ0v) is 14.2. The van der Waals surface area contributed by atoms with Crippen LogP contribution in [0.4, 0.5) is 0 Å². The molecular formula is C18H20N2O5. The monoisotopic (exact) mass is 344 g/mol. The molecule has 25 heavy (non-hydrogen) atoms. The van der Waals surface area contributed by atoms with Crippen molar-refractivity contribution in [3.05, 3.63) is 36.0 Å². The Bertz CT molecular complexity index is 822. The third kappa shape index (κ3) is 3.81. The third-order valence-electron chi connectivity index (χ3n) is 4.09. The van der Waals surface area contributed by atoms with Crippen LogP contribution in [0.5, 0.6) is 0 Å². The number of nitrogens with zero attached hydrogens (tertiary/aromatic N) is 1. The molecule has 132 valence electrons. The number of para-hydroxylation sites is 1. The Balaban J connectivity index is 1.72. The number of hydrogen-bond acceptors (Lipinski definition) is 5. The van der Waals surface area contributed by atoms with Gasteiger partial charge in [0.1, 0.15) is 6.54 Å². The van der Waals surface area contributed by atoms with Gasteiger partial charge in [-0.05, 0) is 25.8 Å². The lowest BCUT2D eigenvalue weighted by atomic mass is 10.2. The molecule has 0 radical (unpaired) electrons. The van der Waals surface area contributed by atoms with Crippen LogP contribution in [0.25, 0.3) is 10.9 Å². The third-order valence-corrected chi connectivity index (χ3v) is 4.09. The molecule has 7 heteroatoms. The molecule has 0 unspecified atom stereocenters. The molecule has 1 atom stereocenters. The van der Waals surface area contributed by atoms with E-state index in [-0.39, 0.29) is 18.5 Å². The number of carbonyl (C=O) groups is 3. The number of benzene rings is 1. The van der Waals surface area contributed by atoms with Gasteiger partial charge in [-0.15, -0.1) is 0 Å². The van der Waals surface area contributed by atoms with E-state index in [1.807, 2.05) is 12.1 Å². The summed E-state index contributed by atoms with van der Waals surface area (Å²) in [6.45, 7) is 1.45. The van der Waals surface area contributed by atoms with Gasteiger partial charge in [0.05, 0.1) is 12.7 Å². The topological polar surface area (TPSA) is 86.6 Å². The van der Waals surface area contributed by atoms with Crippen molar-refractivity contribution in [2.75, 3.05) is 7.11 Å². The molecule has 1 N–H and O–H groups in total. The molecule has 0 spiro atoms. The molecule has 0 saturated heterocycles. The number of aromatic nitrogens is 1. The van der Waals surface area contributed by atoms with E-state index in [1.54, 1.807) is 29.8 Å². The largest absolute Gasteiger partial charge is 0.465 e. The first-order chi connectivity index (χ1) is 12.0. The zero-order chi connectivity index (χ0) is 18.0. The Labute approximate surface area is 144 Å². The number of rotatable bonds is 6. The Hall–Kier alpha value is -2.83. The van der Waals surface area contributed by atoms with E-state index in [4.69, 9.17) is 9.47 Å². The fourth-order valence-corrected chi connectivity index (χ4v) is 2.62. The number of amides is 1. The van der Waals surface area contributed by atoms with Crippen molar-refractivity contribution in [3.63, 3.8) is 0 Å². The van der Waals surface area contributed by atoms with Crippen LogP contribution < -0.4 is 5.32 Å². The highest BCUT2D eigenvalue weighted by Gasteiger charge is 2.27. The minimum Gasteiger partial charge on any atom is -0.465 e. The average Bonchev–Trinajstić information content (AvgIpc) is 3.34. The summed E-state index contributed by atoms with van der Waals surface area (Å²) >= 11 is 0. The summed E-state index contributed by atoms with van der Waals surface area (Å²) < 4.78 is 11.6. The maximum atomic E-state index is 12.2. The van der Waals surface area contributed by atoms with Gasteiger partial charge >= 0.3 is 11.9 Å². The van der Waals surface area contributed by atoms with E-state index >= 15 is 0 Å². The van der Waals surface area contributed by atoms with Gasteiger partial charge in [0.25, 0.3) is 5.91 Å². The van der Waals surface area contributed by atoms with Gasteiger partial charge in [0.2, 0.25) is 0 Å². The number of hydrogen-bond donors (Lipinski definition) is 1. The van der Waals surface area contributed by atoms with Gasteiger partial charge in [-0.3, -0.25) is 9.59 Å². The molecule has 1 aliphatic rings. The highest BCUT2D eigenvalue weighted by molar-refractivity contribution is 6.04. The second kappa shape index (κ2) is 6.96. The summed E-state index contributed by atoms with van der Waals surface area (Å²) in [5.41, 5.74) is 1.10. The van der Waals surface area contributed by atoms with E-state index in [0.29, 0.717) is 10.9 Å². The van der Waals surface area contributed by atoms with Crippen LogP contribution >= 0.6 is 0 Å². The van der Waals surface area contributed by atoms with Gasteiger partial charge in [0, 0.05) is 23.1 Å². The lowest BCUT2D eigenvalue weighted by molar-refractivity contribution is -0.155. The Kier molecular flexibility index (Phi) is 4.74. The summed E-state index contributed by atoms with van der Waals surface area (Å²) in [7, 11) is 1.31. The second-order valence-corrected chi connectivity index (χ2v) is 6.09. The predicted molar refractivity (Wildman–Crippen MR) is 90.0 cm³/mol. The summed E-state index contributed by atoms with van der Waals surface area (Å²) in [5.74, 6) is -1.31. The first-order valence-electron chi connectivity index (χ1n) is 8.15. The quantitative estimate of drug-likeness (QED) is 0.805. The molecule has 1 aromatic carbocycles. The molecule has 0 bridgehead atoms. The maximum Gasteiger partial charge on any atom is 0.340 e. The average molecular weight is 344 g/mol. The van der Waals surface area contributed by atoms with E-state index in [9.17, 15) is 14.4 Å². The summed E-state index contributed by atoms with van der Waals surface area (Å²) in [6, 6.07) is 7.43. The number of methoxy groups -OCH3 is 1. The van der Waals surface area contributed by atoms with Gasteiger partial charge < -0.3 is 19.4 Å². The van der Waals surface area contributed by atoms with Crippen LogP contribution in [-0.2, 0) is 25.6 Å². The SMILES string of the molecule is COC(=O)c1cn(CC(=O)O[C@@H](C)C(=O)NC2CC2)c2ccccc12. The highest BCUT2D eigenvalue weighted by Crippen LogP contribution is 2.22. The second-order valence-electron chi connectivity index (χ2n) is 6.09. The fourth-order valence-electron chi connectivity index (χ4n) is 2.62. The molecule has 1 heterocycles. The van der Waals surface area contributed by atoms with Gasteiger partial charge in [-0.1, -0.05) is 18.2 Å². The van der Waals surface area contributed by atoms with Gasteiger partial charge in [0.15, 0.2) is 6.10 Å². The number of nitrogens with one attached hydrogen (secondary N) is 1. The van der Waals surface area contributed by atoms with Crippen molar-refractivity contribution in [3.8, 4) is 0 Å². The Morgan fingerprint density at radius 2 is 2.00 bits per heavy atom. The summed E-state index contributed by atoms with van der Waals surface area (Å²) in [4.78, 5) is 35.9. The minimum atomic E-state index is -0.852. The lowest BCUT2D eigenvalue weighted by Gasteiger charge is -2.13. The molecule has 1 aliphatic carbocycles. The van der Waals surface area contributed by atoms with Crippen molar-refractivity contribution < 1.29 is 23.9 Å². The minimum absolute atomic E-state index is 0.0987. The highest BCUT2D eigenvalue weighted by atomic mass is 16.5. The maximum absolute atomic E-state index is 12.2. The van der Waals surface area contributed by atoms with Crippen LogP contribution in [-0.4, -0.2) is 41.7 Å². The standard InChI is InChI=1S/C18H20N2O5/c1-11(17(22)19-12-7-8-12)25-16(21)10-20-9-14(18(23)24-2)13-5-3-4-6-15(13)20/h3-6,9,11-12H,7-8,10H2,1-2H3,(H,19,22)/t11-/m0/s1. The molecule has 1 amide bonds. The predicted octanol–water partition coefficient (Wildman–Crippen LogP) is 1.64. The van der Waals surface area contributed by atoms with Crippen LogP contribution in [0.15, 0.2) is 30.5 Å².